The number of ketones is 2. The van der Waals surface area contributed by atoms with Crippen molar-refractivity contribution in [2.24, 2.45) is 0 Å². The Hall–Kier alpha value is -4.32. The van der Waals surface area contributed by atoms with Crippen molar-refractivity contribution in [1.82, 2.24) is 0 Å². The first-order valence-corrected chi connectivity index (χ1v) is 9.70. The fourth-order valence-corrected chi connectivity index (χ4v) is 2.96. The zero-order valence-corrected chi connectivity index (χ0v) is 17.6. The van der Waals surface area contributed by atoms with Crippen LogP contribution < -0.4 is 9.47 Å². The van der Waals surface area contributed by atoms with Crippen molar-refractivity contribution in [3.05, 3.63) is 95.1 Å². The summed E-state index contributed by atoms with van der Waals surface area (Å²) in [6, 6.07) is 16.0. The second-order valence-corrected chi connectivity index (χ2v) is 6.84. The van der Waals surface area contributed by atoms with E-state index in [1.807, 2.05) is 0 Å². The van der Waals surface area contributed by atoms with E-state index in [1.165, 1.54) is 44.6 Å². The molecular weight excluding hydrogens is 408 g/mol. The molecule has 0 aliphatic heterocycles. The first kappa shape index (κ1) is 22.4. The van der Waals surface area contributed by atoms with Crippen LogP contribution in [-0.4, -0.2) is 36.0 Å². The summed E-state index contributed by atoms with van der Waals surface area (Å²) in [4.78, 5) is 25.1. The van der Waals surface area contributed by atoms with Gasteiger partial charge in [-0.05, 0) is 53.6 Å². The van der Waals surface area contributed by atoms with Gasteiger partial charge in [0, 0.05) is 11.1 Å². The predicted octanol–water partition coefficient (Wildman–Crippen LogP) is 4.91. The highest BCUT2D eigenvalue weighted by Crippen LogP contribution is 2.27. The highest BCUT2D eigenvalue weighted by atomic mass is 16.5. The van der Waals surface area contributed by atoms with E-state index in [-0.39, 0.29) is 23.1 Å². The van der Waals surface area contributed by atoms with E-state index in [0.29, 0.717) is 33.8 Å². The minimum absolute atomic E-state index is 0.0148. The van der Waals surface area contributed by atoms with Crippen LogP contribution in [0.15, 0.2) is 72.8 Å². The first-order valence-electron chi connectivity index (χ1n) is 9.70. The van der Waals surface area contributed by atoms with Gasteiger partial charge >= 0.3 is 0 Å². The fraction of sp³-hybridized carbons (Fsp3) is 0.0769. The van der Waals surface area contributed by atoms with Gasteiger partial charge in [-0.25, -0.2) is 0 Å². The number of rotatable bonds is 8. The normalized spacial score (nSPS) is 11.1. The first-order chi connectivity index (χ1) is 15.4. The van der Waals surface area contributed by atoms with Gasteiger partial charge in [0.25, 0.3) is 0 Å². The molecule has 0 spiro atoms. The van der Waals surface area contributed by atoms with Crippen molar-refractivity contribution in [3.63, 3.8) is 0 Å². The summed E-state index contributed by atoms with van der Waals surface area (Å²) in [5.74, 6) is 0.121. The van der Waals surface area contributed by atoms with Crippen LogP contribution in [0.1, 0.15) is 31.8 Å². The van der Waals surface area contributed by atoms with Crippen LogP contribution in [0, 0.1) is 0 Å². The molecule has 0 aliphatic carbocycles. The molecule has 0 saturated carbocycles. The van der Waals surface area contributed by atoms with Crippen LogP contribution in [0.25, 0.3) is 12.2 Å². The Morgan fingerprint density at radius 2 is 1.12 bits per heavy atom. The van der Waals surface area contributed by atoms with Gasteiger partial charge in [0.2, 0.25) is 0 Å². The smallest absolute Gasteiger partial charge is 0.185 e. The van der Waals surface area contributed by atoms with Crippen LogP contribution in [0.5, 0.6) is 23.0 Å². The van der Waals surface area contributed by atoms with Gasteiger partial charge in [-0.2, -0.15) is 0 Å². The molecule has 0 atom stereocenters. The Kier molecular flexibility index (Phi) is 7.08. The molecule has 6 heteroatoms. The average Bonchev–Trinajstić information content (AvgIpc) is 2.82. The number of allylic oxidation sites excluding steroid dienone is 2. The lowest BCUT2D eigenvalue weighted by molar-refractivity contribution is 0.104. The Morgan fingerprint density at radius 1 is 0.688 bits per heavy atom. The van der Waals surface area contributed by atoms with E-state index >= 15 is 0 Å². The van der Waals surface area contributed by atoms with E-state index in [0.717, 1.165) is 0 Å². The number of phenols is 2. The molecule has 162 valence electrons. The zero-order valence-electron chi connectivity index (χ0n) is 17.6. The maximum Gasteiger partial charge on any atom is 0.185 e. The number of ether oxygens (including phenoxy) is 2. The molecule has 0 saturated heterocycles. The summed E-state index contributed by atoms with van der Waals surface area (Å²) in [5.41, 5.74) is 2.12. The van der Waals surface area contributed by atoms with Crippen molar-refractivity contribution < 1.29 is 29.3 Å². The van der Waals surface area contributed by atoms with Crippen LogP contribution in [0.3, 0.4) is 0 Å². The molecule has 0 heterocycles. The number of hydrogen-bond acceptors (Lipinski definition) is 6. The van der Waals surface area contributed by atoms with Crippen LogP contribution in [0.4, 0.5) is 0 Å². The molecular formula is C26H22O6. The summed E-state index contributed by atoms with van der Waals surface area (Å²) in [6.07, 6.45) is 6.01. The Morgan fingerprint density at radius 3 is 1.53 bits per heavy atom. The summed E-state index contributed by atoms with van der Waals surface area (Å²) in [5, 5.41) is 19.3. The molecule has 0 aliphatic rings. The van der Waals surface area contributed by atoms with Gasteiger partial charge in [0.1, 0.15) is 0 Å². The third-order valence-corrected chi connectivity index (χ3v) is 4.69. The number of aromatic hydroxyl groups is 2. The SMILES string of the molecule is COc1cc(C=CC(=O)c2cccc(C(=O)C=Cc3ccc(O)c(OC)c3)c2)ccc1O. The Balaban J connectivity index is 1.74. The lowest BCUT2D eigenvalue weighted by atomic mass is 10.0. The average molecular weight is 430 g/mol. The van der Waals surface area contributed by atoms with E-state index in [2.05, 4.69) is 0 Å². The van der Waals surface area contributed by atoms with Crippen LogP contribution >= 0.6 is 0 Å². The largest absolute Gasteiger partial charge is 0.504 e. The number of benzene rings is 3. The van der Waals surface area contributed by atoms with E-state index in [4.69, 9.17) is 9.47 Å². The highest BCUT2D eigenvalue weighted by Gasteiger charge is 2.08. The zero-order chi connectivity index (χ0) is 23.1. The number of carbonyl (C=O) groups is 2. The molecule has 0 aromatic heterocycles. The van der Waals surface area contributed by atoms with Crippen LogP contribution in [0.2, 0.25) is 0 Å². The predicted molar refractivity (Wildman–Crippen MR) is 122 cm³/mol. The minimum Gasteiger partial charge on any atom is -0.504 e. The maximum atomic E-state index is 12.6. The van der Waals surface area contributed by atoms with Gasteiger partial charge in [0.15, 0.2) is 34.6 Å². The summed E-state index contributed by atoms with van der Waals surface area (Å²) >= 11 is 0. The monoisotopic (exact) mass is 430 g/mol. The quantitative estimate of drug-likeness (QED) is 0.390. The van der Waals surface area contributed by atoms with Crippen molar-refractivity contribution in [2.45, 2.75) is 0 Å². The van der Waals surface area contributed by atoms with Crippen molar-refractivity contribution in [1.29, 1.82) is 0 Å². The molecule has 0 amide bonds. The van der Waals surface area contributed by atoms with Gasteiger partial charge in [-0.15, -0.1) is 0 Å². The molecule has 2 N–H and O–H groups in total. The third kappa shape index (κ3) is 5.43. The second kappa shape index (κ2) is 10.1. The minimum atomic E-state index is -0.265. The lowest BCUT2D eigenvalue weighted by Crippen LogP contribution is -1.99. The molecule has 3 aromatic carbocycles. The molecule has 3 rings (SSSR count). The van der Waals surface area contributed by atoms with Gasteiger partial charge in [0.05, 0.1) is 14.2 Å². The van der Waals surface area contributed by atoms with Crippen molar-refractivity contribution >= 4 is 23.7 Å². The van der Waals surface area contributed by atoms with E-state index in [9.17, 15) is 19.8 Å². The van der Waals surface area contributed by atoms with Gasteiger partial charge in [-0.3, -0.25) is 9.59 Å². The third-order valence-electron chi connectivity index (χ3n) is 4.69. The molecule has 32 heavy (non-hydrogen) atoms. The molecule has 0 radical (unpaired) electrons. The standard InChI is InChI=1S/C26H22O6/c1-31-25-14-17(8-12-23(25)29)6-10-21(27)19-4-3-5-20(16-19)22(28)11-7-18-9-13-24(30)26(15-18)32-2/h3-16,29-30H,1-2H3. The Bertz CT molecular complexity index is 1120. The summed E-state index contributed by atoms with van der Waals surface area (Å²) in [6.45, 7) is 0. The summed E-state index contributed by atoms with van der Waals surface area (Å²) < 4.78 is 10.1. The Labute approximate surface area is 185 Å². The number of hydrogen-bond donors (Lipinski definition) is 2. The lowest BCUT2D eigenvalue weighted by Gasteiger charge is -2.04. The molecule has 3 aromatic rings. The summed E-state index contributed by atoms with van der Waals surface area (Å²) in [7, 11) is 2.89. The van der Waals surface area contributed by atoms with Gasteiger partial charge < -0.3 is 19.7 Å². The number of methoxy groups -OCH3 is 2. The topological polar surface area (TPSA) is 93.1 Å². The molecule has 0 unspecified atom stereocenters. The van der Waals surface area contributed by atoms with Crippen LogP contribution in [-0.2, 0) is 0 Å². The fourth-order valence-electron chi connectivity index (χ4n) is 2.96. The van der Waals surface area contributed by atoms with Crippen molar-refractivity contribution in [3.8, 4) is 23.0 Å². The molecule has 6 nitrogen and oxygen atoms in total. The maximum absolute atomic E-state index is 12.6. The molecule has 0 bridgehead atoms. The number of phenolic OH excluding ortho intramolecular Hbond substituents is 2. The second-order valence-electron chi connectivity index (χ2n) is 6.84. The van der Waals surface area contributed by atoms with E-state index < -0.39 is 0 Å². The van der Waals surface area contributed by atoms with Crippen molar-refractivity contribution in [2.75, 3.05) is 14.2 Å². The number of carbonyl (C=O) groups excluding carboxylic acids is 2. The van der Waals surface area contributed by atoms with Gasteiger partial charge in [-0.1, -0.05) is 42.5 Å². The molecule has 0 fully saturated rings. The highest BCUT2D eigenvalue weighted by molar-refractivity contribution is 6.11. The van der Waals surface area contributed by atoms with E-state index in [1.54, 1.807) is 54.6 Å².